The zero-order valence-corrected chi connectivity index (χ0v) is 20.1. The van der Waals surface area contributed by atoms with Crippen LogP contribution in [-0.2, 0) is 4.89 Å². The van der Waals surface area contributed by atoms with Crippen molar-refractivity contribution in [1.82, 2.24) is 0 Å². The predicted molar refractivity (Wildman–Crippen MR) is 122 cm³/mol. The first kappa shape index (κ1) is 22.8. The van der Waals surface area contributed by atoms with Crippen molar-refractivity contribution in [1.29, 1.82) is 0 Å². The Balaban J connectivity index is 1.55. The third-order valence-corrected chi connectivity index (χ3v) is 10.6. The summed E-state index contributed by atoms with van der Waals surface area (Å²) in [5.74, 6) is 4.39. The molecule has 0 heterocycles. The highest BCUT2D eigenvalue weighted by Gasteiger charge is 2.64. The van der Waals surface area contributed by atoms with E-state index in [1.807, 2.05) is 0 Å². The minimum absolute atomic E-state index is 0.0807. The summed E-state index contributed by atoms with van der Waals surface area (Å²) in [6.07, 6.45) is 15.9. The van der Waals surface area contributed by atoms with Gasteiger partial charge >= 0.3 is 0 Å². The lowest BCUT2D eigenvalue weighted by Gasteiger charge is -2.62. The molecule has 0 aromatic carbocycles. The normalized spacial score (nSPS) is 48.9. The van der Waals surface area contributed by atoms with Gasteiger partial charge in [-0.15, -0.1) is 0 Å². The molecule has 4 aliphatic rings. The molecule has 0 spiro atoms. The smallest absolute Gasteiger partial charge is 0.129 e. The van der Waals surface area contributed by atoms with Gasteiger partial charge < -0.3 is 5.11 Å². The van der Waals surface area contributed by atoms with E-state index in [4.69, 9.17) is 4.89 Å². The summed E-state index contributed by atoms with van der Waals surface area (Å²) < 4.78 is 0. The summed E-state index contributed by atoms with van der Waals surface area (Å²) in [5, 5.41) is 20.3. The number of hydrogen-bond donors (Lipinski definition) is 2. The van der Waals surface area contributed by atoms with E-state index < -0.39 is 5.60 Å². The van der Waals surface area contributed by atoms with Gasteiger partial charge in [-0.05, 0) is 79.4 Å². The van der Waals surface area contributed by atoms with Crippen LogP contribution in [0.3, 0.4) is 0 Å². The van der Waals surface area contributed by atoms with Crippen molar-refractivity contribution in [2.24, 2.45) is 46.3 Å². The van der Waals surface area contributed by atoms with Gasteiger partial charge in [-0.2, -0.15) is 0 Å². The first-order valence-corrected chi connectivity index (χ1v) is 12.9. The van der Waals surface area contributed by atoms with Crippen molar-refractivity contribution in [3.63, 3.8) is 0 Å². The van der Waals surface area contributed by atoms with E-state index >= 15 is 0 Å². The van der Waals surface area contributed by atoms with Crippen LogP contribution in [0.2, 0.25) is 0 Å². The second kappa shape index (κ2) is 8.19. The number of fused-ring (bicyclic) bond motifs is 5. The Kier molecular flexibility index (Phi) is 6.23. The maximum atomic E-state index is 10.3. The Hall–Kier alpha value is -0.380. The average Bonchev–Trinajstić information content (AvgIpc) is 3.05. The highest BCUT2D eigenvalue weighted by atomic mass is 17.1. The lowest BCUT2D eigenvalue weighted by molar-refractivity contribution is -0.361. The van der Waals surface area contributed by atoms with Gasteiger partial charge in [-0.3, -0.25) is 5.26 Å². The summed E-state index contributed by atoms with van der Waals surface area (Å²) >= 11 is 0. The van der Waals surface area contributed by atoms with E-state index in [0.29, 0.717) is 23.7 Å². The molecule has 3 fully saturated rings. The Morgan fingerprint density at radius 2 is 1.77 bits per heavy atom. The second-order valence-corrected chi connectivity index (χ2v) is 12.5. The van der Waals surface area contributed by atoms with Crippen LogP contribution in [0.4, 0.5) is 0 Å². The van der Waals surface area contributed by atoms with Gasteiger partial charge in [0.05, 0.1) is 6.10 Å². The molecule has 0 radical (unpaired) electrons. The zero-order chi connectivity index (χ0) is 21.7. The third kappa shape index (κ3) is 3.42. The molecule has 0 aromatic rings. The molecule has 0 aliphatic heterocycles. The molecule has 9 unspecified atom stereocenters. The molecule has 4 aliphatic carbocycles. The molecule has 3 nitrogen and oxygen atoms in total. The van der Waals surface area contributed by atoms with Gasteiger partial charge in [0, 0.05) is 11.8 Å². The molecule has 0 aromatic heterocycles. The van der Waals surface area contributed by atoms with Crippen molar-refractivity contribution in [3.8, 4) is 0 Å². The Morgan fingerprint density at radius 3 is 2.47 bits per heavy atom. The molecule has 9 atom stereocenters. The second-order valence-electron chi connectivity index (χ2n) is 12.5. The minimum Gasteiger partial charge on any atom is -0.393 e. The summed E-state index contributed by atoms with van der Waals surface area (Å²) in [6.45, 7) is 12.1. The quantitative estimate of drug-likeness (QED) is 0.281. The molecule has 0 saturated heterocycles. The van der Waals surface area contributed by atoms with Crippen molar-refractivity contribution in [2.45, 2.75) is 111 Å². The van der Waals surface area contributed by atoms with E-state index in [1.54, 1.807) is 0 Å². The number of allylic oxidation sites excluding steroid dienone is 1. The fourth-order valence-electron chi connectivity index (χ4n) is 8.79. The third-order valence-electron chi connectivity index (χ3n) is 10.6. The van der Waals surface area contributed by atoms with Crippen LogP contribution in [0, 0.1) is 46.3 Å². The lowest BCUT2D eigenvalue weighted by Crippen LogP contribution is -2.61. The Labute approximate surface area is 184 Å². The van der Waals surface area contributed by atoms with Crippen LogP contribution in [0.5, 0.6) is 0 Å². The van der Waals surface area contributed by atoms with Crippen LogP contribution in [-0.4, -0.2) is 22.1 Å². The van der Waals surface area contributed by atoms with Gasteiger partial charge in [0.15, 0.2) is 0 Å². The van der Waals surface area contributed by atoms with E-state index in [0.717, 1.165) is 36.5 Å². The van der Waals surface area contributed by atoms with Crippen molar-refractivity contribution >= 4 is 0 Å². The summed E-state index contributed by atoms with van der Waals surface area (Å²) in [5.41, 5.74) is -0.336. The first-order valence-electron chi connectivity index (χ1n) is 12.9. The minimum atomic E-state index is -0.707. The number of hydrogen-bond acceptors (Lipinski definition) is 3. The summed E-state index contributed by atoms with van der Waals surface area (Å²) in [7, 11) is 0. The van der Waals surface area contributed by atoms with Crippen molar-refractivity contribution in [3.05, 3.63) is 12.2 Å². The fraction of sp³-hybridized carbons (Fsp3) is 0.926. The van der Waals surface area contributed by atoms with Crippen molar-refractivity contribution in [2.75, 3.05) is 0 Å². The molecule has 3 saturated carbocycles. The predicted octanol–water partition coefficient (Wildman–Crippen LogP) is 6.86. The van der Waals surface area contributed by atoms with E-state index in [1.165, 1.54) is 44.9 Å². The monoisotopic (exact) mass is 418 g/mol. The summed E-state index contributed by atoms with van der Waals surface area (Å²) in [4.78, 5) is 5.22. The largest absolute Gasteiger partial charge is 0.393 e. The van der Waals surface area contributed by atoms with Gasteiger partial charge in [0.2, 0.25) is 0 Å². The van der Waals surface area contributed by atoms with Gasteiger partial charge in [-0.1, -0.05) is 66.0 Å². The number of aliphatic hydroxyl groups excluding tert-OH is 1. The van der Waals surface area contributed by atoms with E-state index in [2.05, 4.69) is 46.8 Å². The SMILES string of the molecule is CC(C)CCCC(C)C1CCC2C3C=CC4(OO)CC(O)CCC4(C)C3CCC12C. The van der Waals surface area contributed by atoms with Gasteiger partial charge in [0.25, 0.3) is 0 Å². The highest BCUT2D eigenvalue weighted by Crippen LogP contribution is 2.68. The van der Waals surface area contributed by atoms with E-state index in [9.17, 15) is 10.4 Å². The lowest BCUT2D eigenvalue weighted by atomic mass is 9.45. The number of aliphatic hydroxyl groups is 1. The van der Waals surface area contributed by atoms with Crippen LogP contribution in [0.25, 0.3) is 0 Å². The Morgan fingerprint density at radius 1 is 1.00 bits per heavy atom. The maximum absolute atomic E-state index is 10.3. The molecule has 4 rings (SSSR count). The van der Waals surface area contributed by atoms with Crippen LogP contribution in [0.1, 0.15) is 98.8 Å². The molecule has 2 N–H and O–H groups in total. The zero-order valence-electron chi connectivity index (χ0n) is 20.1. The highest BCUT2D eigenvalue weighted by molar-refractivity contribution is 5.25. The first-order chi connectivity index (χ1) is 14.2. The molecular weight excluding hydrogens is 372 g/mol. The van der Waals surface area contributed by atoms with E-state index in [-0.39, 0.29) is 11.5 Å². The molecule has 0 amide bonds. The summed E-state index contributed by atoms with van der Waals surface area (Å²) in [6, 6.07) is 0. The molecule has 3 heteroatoms. The standard InChI is InChI=1S/C27H46O3/c1-18(2)7-6-8-19(3)22-9-10-23-21-12-16-27(30-29)17-20(28)11-15-26(27,5)24(21)13-14-25(22,23)4/h12,16,18-24,28-29H,6-11,13-15,17H2,1-5H3. The number of rotatable bonds is 6. The van der Waals surface area contributed by atoms with Gasteiger partial charge in [0.1, 0.15) is 5.60 Å². The topological polar surface area (TPSA) is 49.7 Å². The maximum Gasteiger partial charge on any atom is 0.129 e. The molecule has 0 bridgehead atoms. The molecular formula is C27H46O3. The van der Waals surface area contributed by atoms with Crippen LogP contribution >= 0.6 is 0 Å². The van der Waals surface area contributed by atoms with Crippen LogP contribution < -0.4 is 0 Å². The fourth-order valence-corrected chi connectivity index (χ4v) is 8.79. The molecule has 172 valence electrons. The van der Waals surface area contributed by atoms with Crippen molar-refractivity contribution < 1.29 is 15.3 Å². The van der Waals surface area contributed by atoms with Gasteiger partial charge in [-0.25, -0.2) is 4.89 Å². The average molecular weight is 419 g/mol. The van der Waals surface area contributed by atoms with Crippen LogP contribution in [0.15, 0.2) is 12.2 Å². The molecule has 30 heavy (non-hydrogen) atoms. The Bertz CT molecular complexity index is 644.